The first-order chi connectivity index (χ1) is 14.5. The molecule has 0 radical (unpaired) electrons. The van der Waals surface area contributed by atoms with E-state index in [9.17, 15) is 0 Å². The molecule has 0 rings (SSSR count). The third kappa shape index (κ3) is 9.54. The maximum atomic E-state index is 4.99. The SMILES string of the molecule is CCN(CC)C(=NCCN(C)CCNC(N(CC)CC)=[N+](CC)CC)N(CC)CC. The summed E-state index contributed by atoms with van der Waals surface area (Å²) in [5, 5.41) is 3.70. The van der Waals surface area contributed by atoms with Gasteiger partial charge in [0.25, 0.3) is 0 Å². The van der Waals surface area contributed by atoms with E-state index in [1.807, 2.05) is 0 Å². The largest absolute Gasteiger partial charge is 0.348 e. The Balaban J connectivity index is 4.86. The van der Waals surface area contributed by atoms with Crippen molar-refractivity contribution in [1.29, 1.82) is 0 Å². The van der Waals surface area contributed by atoms with Gasteiger partial charge in [0.1, 0.15) is 0 Å². The predicted octanol–water partition coefficient (Wildman–Crippen LogP) is 2.30. The molecule has 0 aliphatic carbocycles. The van der Waals surface area contributed by atoms with Crippen LogP contribution in [0.5, 0.6) is 0 Å². The van der Waals surface area contributed by atoms with Gasteiger partial charge in [-0.1, -0.05) is 0 Å². The Morgan fingerprint density at radius 3 is 1.57 bits per heavy atom. The maximum Gasteiger partial charge on any atom is 0.348 e. The van der Waals surface area contributed by atoms with E-state index in [1.54, 1.807) is 0 Å². The van der Waals surface area contributed by atoms with Gasteiger partial charge in [0, 0.05) is 39.3 Å². The van der Waals surface area contributed by atoms with Gasteiger partial charge < -0.3 is 14.7 Å². The summed E-state index contributed by atoms with van der Waals surface area (Å²) in [4.78, 5) is 14.5. The number of likely N-dealkylation sites (N-methyl/N-ethyl adjacent to an activating group) is 1. The van der Waals surface area contributed by atoms with E-state index in [4.69, 9.17) is 4.99 Å². The standard InChI is InChI=1S/C23H51N7/c1-10-27(11-2)22(28(12-3)13-4)24-18-20-26(9)21-19-25-23(29(14-5)15-6)30(16-7)17-8/h10-21H2,1-9H3/p+1. The second kappa shape index (κ2) is 17.2. The quantitative estimate of drug-likeness (QED) is 0.262. The molecular formula is C23H52N7+. The molecule has 0 spiro atoms. The molecule has 0 heterocycles. The molecule has 0 unspecified atom stereocenters. The molecule has 178 valence electrons. The Kier molecular flexibility index (Phi) is 16.3. The summed E-state index contributed by atoms with van der Waals surface area (Å²) < 4.78 is 2.41. The van der Waals surface area contributed by atoms with E-state index in [-0.39, 0.29) is 0 Å². The molecule has 30 heavy (non-hydrogen) atoms. The first kappa shape index (κ1) is 28.5. The lowest BCUT2D eigenvalue weighted by Crippen LogP contribution is -2.49. The Labute approximate surface area is 187 Å². The predicted molar refractivity (Wildman–Crippen MR) is 133 cm³/mol. The molecule has 0 amide bonds. The van der Waals surface area contributed by atoms with Crippen molar-refractivity contribution in [2.45, 2.75) is 55.4 Å². The summed E-state index contributed by atoms with van der Waals surface area (Å²) >= 11 is 0. The molecule has 0 fully saturated rings. The average molecular weight is 427 g/mol. The van der Waals surface area contributed by atoms with Crippen LogP contribution < -0.4 is 5.32 Å². The van der Waals surface area contributed by atoms with E-state index < -0.39 is 0 Å². The number of nitrogens with one attached hydrogen (secondary N) is 1. The molecule has 0 atom stereocenters. The second-order valence-electron chi connectivity index (χ2n) is 7.42. The molecule has 0 saturated heterocycles. The second-order valence-corrected chi connectivity index (χ2v) is 7.42. The van der Waals surface area contributed by atoms with Gasteiger partial charge >= 0.3 is 5.96 Å². The van der Waals surface area contributed by atoms with Crippen molar-refractivity contribution >= 4 is 11.9 Å². The molecule has 0 aromatic heterocycles. The first-order valence-corrected chi connectivity index (χ1v) is 12.3. The van der Waals surface area contributed by atoms with Crippen molar-refractivity contribution in [1.82, 2.24) is 24.9 Å². The highest BCUT2D eigenvalue weighted by atomic mass is 15.4. The van der Waals surface area contributed by atoms with E-state index in [0.29, 0.717) is 0 Å². The van der Waals surface area contributed by atoms with Crippen LogP contribution in [0.2, 0.25) is 0 Å². The highest BCUT2D eigenvalue weighted by Crippen LogP contribution is 2.00. The van der Waals surface area contributed by atoms with Gasteiger partial charge in [0.15, 0.2) is 5.96 Å². The summed E-state index contributed by atoms with van der Waals surface area (Å²) in [6.45, 7) is 29.6. The normalized spacial score (nSPS) is 10.7. The Morgan fingerprint density at radius 2 is 1.17 bits per heavy atom. The van der Waals surface area contributed by atoms with Crippen LogP contribution in [-0.2, 0) is 0 Å². The van der Waals surface area contributed by atoms with Crippen LogP contribution in [-0.4, -0.2) is 122 Å². The smallest absolute Gasteiger partial charge is 0.343 e. The zero-order valence-electron chi connectivity index (χ0n) is 21.7. The van der Waals surface area contributed by atoms with Crippen LogP contribution in [0.3, 0.4) is 0 Å². The van der Waals surface area contributed by atoms with Crippen molar-refractivity contribution in [3.63, 3.8) is 0 Å². The molecular weight excluding hydrogens is 374 g/mol. The van der Waals surface area contributed by atoms with Crippen LogP contribution in [0.25, 0.3) is 0 Å². The summed E-state index contributed by atoms with van der Waals surface area (Å²) in [5.74, 6) is 2.41. The van der Waals surface area contributed by atoms with E-state index >= 15 is 0 Å². The van der Waals surface area contributed by atoms with Gasteiger partial charge in [0.05, 0.1) is 39.3 Å². The van der Waals surface area contributed by atoms with Crippen molar-refractivity contribution < 1.29 is 4.58 Å². The Bertz CT molecular complexity index is 458. The Morgan fingerprint density at radius 1 is 0.700 bits per heavy atom. The third-order valence-corrected chi connectivity index (χ3v) is 5.73. The fourth-order valence-corrected chi connectivity index (χ4v) is 3.67. The molecule has 7 heteroatoms. The van der Waals surface area contributed by atoms with Crippen LogP contribution in [0.15, 0.2) is 4.99 Å². The van der Waals surface area contributed by atoms with Crippen molar-refractivity contribution in [2.75, 3.05) is 85.6 Å². The minimum atomic E-state index is 0.835. The number of aliphatic imine (C=N–C) groups is 1. The zero-order chi connectivity index (χ0) is 22.9. The number of hydrogen-bond acceptors (Lipinski definition) is 2. The first-order valence-electron chi connectivity index (χ1n) is 12.3. The van der Waals surface area contributed by atoms with Crippen molar-refractivity contribution in [2.24, 2.45) is 4.99 Å². The molecule has 7 nitrogen and oxygen atoms in total. The highest BCUT2D eigenvalue weighted by molar-refractivity contribution is 5.80. The summed E-state index contributed by atoms with van der Waals surface area (Å²) in [5.41, 5.74) is 0. The lowest BCUT2D eigenvalue weighted by atomic mass is 10.4. The van der Waals surface area contributed by atoms with Crippen molar-refractivity contribution in [3.05, 3.63) is 0 Å². The van der Waals surface area contributed by atoms with Gasteiger partial charge in [-0.15, -0.1) is 0 Å². The minimum Gasteiger partial charge on any atom is -0.343 e. The lowest BCUT2D eigenvalue weighted by molar-refractivity contribution is -0.527. The van der Waals surface area contributed by atoms with E-state index in [0.717, 1.165) is 84.5 Å². The summed E-state index contributed by atoms with van der Waals surface area (Å²) in [6, 6.07) is 0. The third-order valence-electron chi connectivity index (χ3n) is 5.73. The average Bonchev–Trinajstić information content (AvgIpc) is 2.76. The monoisotopic (exact) mass is 426 g/mol. The molecule has 0 aliphatic heterocycles. The van der Waals surface area contributed by atoms with Gasteiger partial charge in [-0.05, 0) is 62.4 Å². The highest BCUT2D eigenvalue weighted by Gasteiger charge is 2.18. The number of guanidine groups is 2. The number of hydrogen-bond donors (Lipinski definition) is 1. The maximum absolute atomic E-state index is 4.99. The van der Waals surface area contributed by atoms with Gasteiger partial charge in [0.2, 0.25) is 0 Å². The van der Waals surface area contributed by atoms with Gasteiger partial charge in [-0.3, -0.25) is 19.8 Å². The zero-order valence-corrected chi connectivity index (χ0v) is 21.7. The van der Waals surface area contributed by atoms with Crippen LogP contribution in [0.4, 0.5) is 0 Å². The molecule has 1 N–H and O–H groups in total. The van der Waals surface area contributed by atoms with E-state index in [2.05, 4.69) is 91.9 Å². The lowest BCUT2D eigenvalue weighted by Gasteiger charge is -2.32. The summed E-state index contributed by atoms with van der Waals surface area (Å²) in [7, 11) is 2.19. The molecule has 0 saturated carbocycles. The molecule has 0 aromatic rings. The van der Waals surface area contributed by atoms with Crippen LogP contribution in [0, 0.1) is 0 Å². The van der Waals surface area contributed by atoms with Crippen LogP contribution >= 0.6 is 0 Å². The number of rotatable bonds is 14. The van der Waals surface area contributed by atoms with E-state index in [1.165, 1.54) is 5.96 Å². The molecule has 0 aliphatic rings. The van der Waals surface area contributed by atoms with Gasteiger partial charge in [-0.2, -0.15) is 0 Å². The van der Waals surface area contributed by atoms with Crippen LogP contribution in [0.1, 0.15) is 55.4 Å². The number of nitrogens with zero attached hydrogens (tertiary/aromatic N) is 6. The topological polar surface area (TPSA) is 40.4 Å². The fourth-order valence-electron chi connectivity index (χ4n) is 3.67. The summed E-state index contributed by atoms with van der Waals surface area (Å²) in [6.07, 6.45) is 0. The molecule has 0 aromatic carbocycles. The fraction of sp³-hybridized carbons (Fsp3) is 0.913. The Hall–Kier alpha value is -1.50. The molecule has 0 bridgehead atoms. The van der Waals surface area contributed by atoms with Crippen molar-refractivity contribution in [3.8, 4) is 0 Å². The van der Waals surface area contributed by atoms with Gasteiger partial charge in [-0.25, -0.2) is 0 Å². The minimum absolute atomic E-state index is 0.835.